The van der Waals surface area contributed by atoms with E-state index < -0.39 is 72.6 Å². The number of ether oxygens (including phenoxy) is 2. The molecule has 6 N–H and O–H groups in total. The van der Waals surface area contributed by atoms with Crippen LogP contribution in [-0.4, -0.2) is 79.6 Å². The van der Waals surface area contributed by atoms with Gasteiger partial charge in [-0.05, 0) is 72.0 Å². The van der Waals surface area contributed by atoms with Gasteiger partial charge in [0.2, 0.25) is 0 Å². The van der Waals surface area contributed by atoms with Crippen molar-refractivity contribution in [3.63, 3.8) is 0 Å². The second kappa shape index (κ2) is 15.0. The van der Waals surface area contributed by atoms with E-state index >= 15 is 0 Å². The summed E-state index contributed by atoms with van der Waals surface area (Å²) >= 11 is 0. The molecule has 2 unspecified atom stereocenters. The van der Waals surface area contributed by atoms with Gasteiger partial charge in [-0.15, -0.1) is 0 Å². The van der Waals surface area contributed by atoms with Crippen molar-refractivity contribution in [3.8, 4) is 22.6 Å². The van der Waals surface area contributed by atoms with Crippen LogP contribution in [0, 0.1) is 0 Å². The quantitative estimate of drug-likeness (QED) is 0.105. The van der Waals surface area contributed by atoms with Crippen LogP contribution in [-0.2, 0) is 46.3 Å². The van der Waals surface area contributed by atoms with Crippen molar-refractivity contribution in [2.24, 2.45) is 11.5 Å². The highest BCUT2D eigenvalue weighted by Gasteiger charge is 2.34. The summed E-state index contributed by atoms with van der Waals surface area (Å²) in [5.74, 6) is -0.671. The van der Waals surface area contributed by atoms with Crippen LogP contribution in [0.15, 0.2) is 105 Å². The smallest absolute Gasteiger partial charge is 0.298 e. The third kappa shape index (κ3) is 8.12. The molecule has 0 saturated carbocycles. The molecule has 0 spiro atoms. The van der Waals surface area contributed by atoms with E-state index in [2.05, 4.69) is 0 Å². The van der Waals surface area contributed by atoms with E-state index in [4.69, 9.17) is 20.9 Å². The van der Waals surface area contributed by atoms with Gasteiger partial charge in [-0.1, -0.05) is 42.5 Å². The minimum Gasteiger partial charge on any atom is -0.489 e. The molecule has 0 bridgehead atoms. The lowest BCUT2D eigenvalue weighted by molar-refractivity contribution is 0.253. The van der Waals surface area contributed by atoms with Gasteiger partial charge in [-0.2, -0.15) is 16.8 Å². The van der Waals surface area contributed by atoms with Crippen LogP contribution in [0.3, 0.4) is 0 Å². The van der Waals surface area contributed by atoms with Crippen molar-refractivity contribution < 1.29 is 52.3 Å². The fourth-order valence-electron chi connectivity index (χ4n) is 5.85. The van der Waals surface area contributed by atoms with Gasteiger partial charge in [-0.3, -0.25) is 9.11 Å². The highest BCUT2D eigenvalue weighted by molar-refractivity contribution is 7.92. The molecular weight excluding hydrogens is 745 g/mol. The van der Waals surface area contributed by atoms with Crippen LogP contribution in [0.25, 0.3) is 11.1 Å². The Morgan fingerprint density at radius 3 is 1.53 bits per heavy atom. The molecule has 0 saturated heterocycles. The molecule has 0 amide bonds. The van der Waals surface area contributed by atoms with Crippen molar-refractivity contribution >= 4 is 39.9 Å². The summed E-state index contributed by atoms with van der Waals surface area (Å²) in [5, 5.41) is -2.24. The monoisotopic (exact) mass is 780 g/mol. The van der Waals surface area contributed by atoms with E-state index in [1.165, 1.54) is 36.4 Å². The summed E-state index contributed by atoms with van der Waals surface area (Å²) < 4.78 is 135. The van der Waals surface area contributed by atoms with E-state index in [9.17, 15) is 42.8 Å². The lowest BCUT2D eigenvalue weighted by atomic mass is 10.0. The molecule has 1 aliphatic rings. The van der Waals surface area contributed by atoms with E-state index in [0.717, 1.165) is 12.1 Å². The molecule has 5 rings (SSSR count). The maximum absolute atomic E-state index is 13.3. The lowest BCUT2D eigenvalue weighted by Gasteiger charge is -2.22. The summed E-state index contributed by atoms with van der Waals surface area (Å²) in [6, 6.07) is 20.0. The van der Waals surface area contributed by atoms with E-state index in [1.807, 2.05) is 0 Å². The third-order valence-electron chi connectivity index (χ3n) is 8.54. The first-order chi connectivity index (χ1) is 24.0. The number of fused-ring (bicyclic) bond motifs is 3. The maximum atomic E-state index is 13.3. The molecular formula is C33H36N2O12S4. The summed E-state index contributed by atoms with van der Waals surface area (Å²) in [6.45, 7) is -1.29. The van der Waals surface area contributed by atoms with Crippen molar-refractivity contribution in [2.45, 2.75) is 49.3 Å². The fourth-order valence-corrected chi connectivity index (χ4v) is 10.2. The van der Waals surface area contributed by atoms with Crippen LogP contribution in [0.1, 0.15) is 24.0 Å². The molecule has 51 heavy (non-hydrogen) atoms. The Morgan fingerprint density at radius 2 is 1.08 bits per heavy atom. The van der Waals surface area contributed by atoms with Gasteiger partial charge < -0.3 is 20.9 Å². The summed E-state index contributed by atoms with van der Waals surface area (Å²) in [5.41, 5.74) is 12.9. The van der Waals surface area contributed by atoms with Crippen molar-refractivity contribution in [1.82, 2.24) is 0 Å². The molecule has 0 heterocycles. The summed E-state index contributed by atoms with van der Waals surface area (Å²) in [7, 11) is -17.6. The van der Waals surface area contributed by atoms with Gasteiger partial charge in [0, 0.05) is 25.1 Å². The fraction of sp³-hybridized carbons (Fsp3) is 0.273. The standard InChI is InChI=1S/C33H36N2O12S4/c34-20-26(48(36,37)23-7-3-1-4-8-23)13-15-46-32-30-17-22-11-12-25(50(40,41)42)18-28(22)29(30)19-31(51(43,44)45)33(32)47-16-14-27(21-35)49(38,39)24-9-5-2-6-10-24/h1-12,18-19,26-27H,13-17,20-21,34-35H2,(H,40,41,42)(H,43,44,45). The van der Waals surface area contributed by atoms with Crippen molar-refractivity contribution in [3.05, 3.63) is 96.1 Å². The number of sulfone groups is 2. The van der Waals surface area contributed by atoms with Gasteiger partial charge in [0.25, 0.3) is 20.2 Å². The normalized spacial score (nSPS) is 14.4. The van der Waals surface area contributed by atoms with E-state index in [1.54, 1.807) is 36.4 Å². The van der Waals surface area contributed by atoms with Gasteiger partial charge in [-0.25, -0.2) is 16.8 Å². The molecule has 0 aliphatic heterocycles. The van der Waals surface area contributed by atoms with E-state index in [-0.39, 0.29) is 65.6 Å². The molecule has 0 radical (unpaired) electrons. The molecule has 0 fully saturated rings. The van der Waals surface area contributed by atoms with Gasteiger partial charge >= 0.3 is 0 Å². The molecule has 4 aromatic carbocycles. The average molecular weight is 781 g/mol. The summed E-state index contributed by atoms with van der Waals surface area (Å²) in [4.78, 5) is -1.16. The Bertz CT molecular complexity index is 2350. The topological polar surface area (TPSA) is 248 Å². The minimum atomic E-state index is -5.08. The maximum Gasteiger partial charge on any atom is 0.298 e. The molecule has 14 nitrogen and oxygen atoms in total. The second-order valence-electron chi connectivity index (χ2n) is 11.7. The number of hydrogen-bond acceptors (Lipinski definition) is 12. The lowest BCUT2D eigenvalue weighted by Crippen LogP contribution is -2.32. The van der Waals surface area contributed by atoms with Crippen LogP contribution in [0.2, 0.25) is 0 Å². The van der Waals surface area contributed by atoms with Crippen LogP contribution in [0.5, 0.6) is 11.5 Å². The van der Waals surface area contributed by atoms with Crippen molar-refractivity contribution in [1.29, 1.82) is 0 Å². The largest absolute Gasteiger partial charge is 0.489 e. The zero-order valence-corrected chi connectivity index (χ0v) is 30.2. The number of hydrogen-bond donors (Lipinski definition) is 4. The Labute approximate surface area is 296 Å². The van der Waals surface area contributed by atoms with Crippen molar-refractivity contribution in [2.75, 3.05) is 26.3 Å². The first-order valence-corrected chi connectivity index (χ1v) is 21.5. The summed E-state index contributed by atoms with van der Waals surface area (Å²) in [6.07, 6.45) is -0.287. The van der Waals surface area contributed by atoms with Crippen LogP contribution < -0.4 is 20.9 Å². The first kappa shape index (κ1) is 38.4. The van der Waals surface area contributed by atoms with E-state index in [0.29, 0.717) is 11.1 Å². The Morgan fingerprint density at radius 1 is 0.588 bits per heavy atom. The first-order valence-electron chi connectivity index (χ1n) is 15.5. The highest BCUT2D eigenvalue weighted by atomic mass is 32.2. The molecule has 18 heteroatoms. The number of benzene rings is 4. The molecule has 1 aliphatic carbocycles. The molecule has 274 valence electrons. The average Bonchev–Trinajstić information content (AvgIpc) is 3.46. The second-order valence-corrected chi connectivity index (χ2v) is 19.0. The Balaban J connectivity index is 1.54. The zero-order chi connectivity index (χ0) is 37.2. The zero-order valence-electron chi connectivity index (χ0n) is 27.0. The Kier molecular flexibility index (Phi) is 11.3. The minimum absolute atomic E-state index is 0.0302. The molecule has 2 atom stereocenters. The van der Waals surface area contributed by atoms with Gasteiger partial charge in [0.1, 0.15) is 4.90 Å². The van der Waals surface area contributed by atoms with Crippen LogP contribution >= 0.6 is 0 Å². The predicted octanol–water partition coefficient (Wildman–Crippen LogP) is 2.89. The number of nitrogens with two attached hydrogens (primary N) is 2. The molecule has 0 aromatic heterocycles. The third-order valence-corrected chi connectivity index (χ3v) is 14.7. The van der Waals surface area contributed by atoms with Gasteiger partial charge in [0.15, 0.2) is 31.2 Å². The predicted molar refractivity (Wildman–Crippen MR) is 187 cm³/mol. The molecule has 4 aromatic rings. The number of rotatable bonds is 16. The Hall–Kier alpha value is -3.88. The highest BCUT2D eigenvalue weighted by Crippen LogP contribution is 2.49. The van der Waals surface area contributed by atoms with Gasteiger partial charge in [0.05, 0.1) is 38.4 Å². The van der Waals surface area contributed by atoms with Crippen LogP contribution in [0.4, 0.5) is 0 Å². The SMILES string of the molecule is NCC(CCOc1c(S(=O)(=O)O)cc2c(c1OCCC(CN)S(=O)(=O)c1ccccc1)Cc1ccc(S(=O)(=O)O)cc1-2)S(=O)(=O)c1ccccc1.